The fourth-order valence-corrected chi connectivity index (χ4v) is 7.13. The van der Waals surface area contributed by atoms with Gasteiger partial charge in [0.1, 0.15) is 6.61 Å². The van der Waals surface area contributed by atoms with Crippen molar-refractivity contribution in [2.45, 2.75) is 33.1 Å². The van der Waals surface area contributed by atoms with Crippen molar-refractivity contribution < 1.29 is 9.57 Å². The molecule has 2 aliphatic heterocycles. The minimum absolute atomic E-state index is 0.118. The van der Waals surface area contributed by atoms with E-state index in [0.29, 0.717) is 12.5 Å². The Morgan fingerprint density at radius 3 is 2.36 bits per heavy atom. The molecule has 1 aliphatic carbocycles. The smallest absolute Gasteiger partial charge is 0.207 e. The highest BCUT2D eigenvalue weighted by atomic mass is 16.7. The van der Waals surface area contributed by atoms with Gasteiger partial charge < -0.3 is 9.57 Å². The number of allylic oxidation sites excluding steroid dienone is 5. The van der Waals surface area contributed by atoms with Gasteiger partial charge in [0.05, 0.1) is 16.9 Å². The van der Waals surface area contributed by atoms with E-state index in [9.17, 15) is 0 Å². The summed E-state index contributed by atoms with van der Waals surface area (Å²) in [5.41, 5.74) is 13.4. The van der Waals surface area contributed by atoms with E-state index in [1.807, 2.05) is 23.3 Å². The summed E-state index contributed by atoms with van der Waals surface area (Å²) in [5, 5.41) is 1.97. The molecule has 3 heterocycles. The molecule has 4 aromatic carbocycles. The van der Waals surface area contributed by atoms with Crippen molar-refractivity contribution in [3.05, 3.63) is 167 Å². The molecule has 0 saturated carbocycles. The molecule has 5 aromatic rings. The maximum atomic E-state index is 6.73. The van der Waals surface area contributed by atoms with E-state index in [-0.39, 0.29) is 5.92 Å². The van der Waals surface area contributed by atoms with Crippen LogP contribution in [0.1, 0.15) is 58.8 Å². The van der Waals surface area contributed by atoms with Crippen molar-refractivity contribution in [2.75, 3.05) is 11.7 Å². The normalized spacial score (nSPS) is 20.0. The summed E-state index contributed by atoms with van der Waals surface area (Å²) in [6, 6.07) is 34.0. The summed E-state index contributed by atoms with van der Waals surface area (Å²) in [5.74, 6) is 2.27. The molecule has 4 nitrogen and oxygen atoms in total. The van der Waals surface area contributed by atoms with Gasteiger partial charge in [-0.05, 0) is 102 Å². The molecule has 8 rings (SSSR count). The van der Waals surface area contributed by atoms with Crippen LogP contribution in [-0.4, -0.2) is 11.2 Å². The zero-order chi connectivity index (χ0) is 32.1. The van der Waals surface area contributed by atoms with Crippen LogP contribution in [0, 0.1) is 12.8 Å². The second kappa shape index (κ2) is 11.7. The topological polar surface area (TPSA) is 26.6 Å². The van der Waals surface area contributed by atoms with Crippen molar-refractivity contribution in [1.29, 1.82) is 0 Å². The van der Waals surface area contributed by atoms with Crippen LogP contribution < -0.4 is 14.6 Å². The van der Waals surface area contributed by atoms with Gasteiger partial charge >= 0.3 is 0 Å². The number of nitrogens with zero attached hydrogens (tertiary/aromatic N) is 2. The molecule has 47 heavy (non-hydrogen) atoms. The molecule has 0 bridgehead atoms. The van der Waals surface area contributed by atoms with Crippen molar-refractivity contribution >= 4 is 28.6 Å². The average Bonchev–Trinajstić information content (AvgIpc) is 3.39. The van der Waals surface area contributed by atoms with Crippen LogP contribution in [0.25, 0.3) is 22.9 Å². The van der Waals surface area contributed by atoms with Crippen LogP contribution in [0.3, 0.4) is 0 Å². The van der Waals surface area contributed by atoms with Crippen molar-refractivity contribution in [3.63, 3.8) is 0 Å². The van der Waals surface area contributed by atoms with E-state index in [2.05, 4.69) is 141 Å². The van der Waals surface area contributed by atoms with Gasteiger partial charge in [-0.3, -0.25) is 4.57 Å². The SMILES string of the molecule is C=C1/C=C(c2ccc3c(c2)C(C)c2ccc(C)cc2N(c2ccccc2)O3)\C=C/COc2c1c1c(n2-c2ccccc2)CC(C)C=C1. The van der Waals surface area contributed by atoms with Crippen LogP contribution in [0.15, 0.2) is 128 Å². The summed E-state index contributed by atoms with van der Waals surface area (Å²) < 4.78 is 8.88. The summed E-state index contributed by atoms with van der Waals surface area (Å²) in [6.45, 7) is 11.8. The number of hydrogen-bond donors (Lipinski definition) is 0. The first kappa shape index (κ1) is 29.0. The minimum Gasteiger partial charge on any atom is -0.474 e. The highest BCUT2D eigenvalue weighted by molar-refractivity contribution is 5.92. The lowest BCUT2D eigenvalue weighted by Gasteiger charge is -2.25. The Bertz CT molecular complexity index is 2100. The van der Waals surface area contributed by atoms with Gasteiger partial charge in [0, 0.05) is 28.4 Å². The minimum atomic E-state index is 0.118. The number of hydrogen-bond acceptors (Lipinski definition) is 3. The van der Waals surface area contributed by atoms with Gasteiger partial charge in [-0.1, -0.05) is 93.3 Å². The van der Waals surface area contributed by atoms with E-state index in [0.717, 1.165) is 62.9 Å². The van der Waals surface area contributed by atoms with E-state index in [1.165, 1.54) is 22.4 Å². The number of aromatic nitrogens is 1. The number of rotatable bonds is 3. The molecule has 3 aliphatic rings. The van der Waals surface area contributed by atoms with Gasteiger partial charge in [-0.25, -0.2) is 0 Å². The van der Waals surface area contributed by atoms with Crippen LogP contribution in [0.2, 0.25) is 0 Å². The predicted octanol–water partition coefficient (Wildman–Crippen LogP) is 10.6. The molecular formula is C43H38N2O2. The van der Waals surface area contributed by atoms with Crippen LogP contribution in [0.5, 0.6) is 11.6 Å². The number of aryl methyl sites for hydroxylation is 1. The maximum absolute atomic E-state index is 6.73. The summed E-state index contributed by atoms with van der Waals surface area (Å²) in [6.07, 6.45) is 12.0. The number of fused-ring (bicyclic) bond motifs is 5. The third-order valence-electron chi connectivity index (χ3n) is 9.51. The quantitative estimate of drug-likeness (QED) is 0.202. The molecule has 0 fully saturated rings. The average molecular weight is 615 g/mol. The molecule has 2 atom stereocenters. The fourth-order valence-electron chi connectivity index (χ4n) is 7.13. The van der Waals surface area contributed by atoms with Crippen LogP contribution in [0.4, 0.5) is 11.4 Å². The van der Waals surface area contributed by atoms with Gasteiger partial charge in [0.25, 0.3) is 0 Å². The zero-order valence-electron chi connectivity index (χ0n) is 27.1. The fraction of sp³-hybridized carbons (Fsp3) is 0.163. The molecule has 0 spiro atoms. The molecular weight excluding hydrogens is 576 g/mol. The molecule has 0 N–H and O–H groups in total. The number of anilines is 2. The Labute approximate surface area is 277 Å². The number of benzene rings is 4. The van der Waals surface area contributed by atoms with E-state index in [1.54, 1.807) is 0 Å². The van der Waals surface area contributed by atoms with Crippen molar-refractivity contribution in [3.8, 4) is 17.3 Å². The third-order valence-corrected chi connectivity index (χ3v) is 9.51. The largest absolute Gasteiger partial charge is 0.474 e. The van der Waals surface area contributed by atoms with E-state index < -0.39 is 0 Å². The van der Waals surface area contributed by atoms with Crippen molar-refractivity contribution in [2.24, 2.45) is 5.92 Å². The molecule has 232 valence electrons. The Balaban J connectivity index is 1.24. The summed E-state index contributed by atoms with van der Waals surface area (Å²) >= 11 is 0. The standard InChI is InChI=1S/C43H38N2O2/c1-28-18-21-37-39(24-28)44(34-13-7-5-8-14-34)43-42(37)30(3)26-32(12-11-23-46-43)33-19-22-41-38(27-33)31(4)36-20-17-29(2)25-40(36)45(47-41)35-15-9-6-10-16-35/h5-22,25-28,31H,3,23-24H2,1-2,4H3/b12-11-,32-26+. The number of ether oxygens (including phenoxy) is 1. The molecule has 0 saturated heterocycles. The second-order valence-electron chi connectivity index (χ2n) is 12.8. The first-order chi connectivity index (χ1) is 23.0. The first-order valence-electron chi connectivity index (χ1n) is 16.5. The Morgan fingerprint density at radius 2 is 1.57 bits per heavy atom. The lowest BCUT2D eigenvalue weighted by atomic mass is 9.88. The van der Waals surface area contributed by atoms with Gasteiger partial charge in [0.2, 0.25) is 5.88 Å². The van der Waals surface area contributed by atoms with Crippen molar-refractivity contribution in [1.82, 2.24) is 4.57 Å². The third kappa shape index (κ3) is 5.11. The predicted molar refractivity (Wildman–Crippen MR) is 194 cm³/mol. The molecule has 0 radical (unpaired) electrons. The Hall–Kier alpha value is -5.48. The highest BCUT2D eigenvalue weighted by Gasteiger charge is 2.30. The molecule has 0 amide bonds. The highest BCUT2D eigenvalue weighted by Crippen LogP contribution is 2.46. The number of para-hydroxylation sites is 2. The molecule has 4 heteroatoms. The monoisotopic (exact) mass is 614 g/mol. The van der Waals surface area contributed by atoms with E-state index in [4.69, 9.17) is 9.57 Å². The van der Waals surface area contributed by atoms with Crippen LogP contribution >= 0.6 is 0 Å². The Kier molecular flexibility index (Phi) is 7.21. The van der Waals surface area contributed by atoms with Gasteiger partial charge in [0.15, 0.2) is 5.75 Å². The lowest BCUT2D eigenvalue weighted by Crippen LogP contribution is -2.21. The van der Waals surface area contributed by atoms with Gasteiger partial charge in [-0.15, -0.1) is 0 Å². The van der Waals surface area contributed by atoms with E-state index >= 15 is 0 Å². The maximum Gasteiger partial charge on any atom is 0.207 e. The van der Waals surface area contributed by atoms with Gasteiger partial charge in [-0.2, -0.15) is 5.06 Å². The second-order valence-corrected chi connectivity index (χ2v) is 12.8. The first-order valence-corrected chi connectivity index (χ1v) is 16.5. The summed E-state index contributed by atoms with van der Waals surface area (Å²) in [4.78, 5) is 6.73. The zero-order valence-corrected chi connectivity index (χ0v) is 27.1. The lowest BCUT2D eigenvalue weighted by molar-refractivity contribution is 0.323. The summed E-state index contributed by atoms with van der Waals surface area (Å²) in [7, 11) is 0. The molecule has 1 aromatic heterocycles. The Morgan fingerprint density at radius 1 is 0.809 bits per heavy atom. The van der Waals surface area contributed by atoms with Crippen LogP contribution in [-0.2, 0) is 6.42 Å². The molecule has 2 unspecified atom stereocenters.